The van der Waals surface area contributed by atoms with Crippen LogP contribution in [0, 0.1) is 6.92 Å². The van der Waals surface area contributed by atoms with Crippen LogP contribution in [0.25, 0.3) is 0 Å². The Morgan fingerprint density at radius 3 is 2.11 bits per heavy atom. The molecule has 1 aromatic heterocycles. The fraction of sp³-hybridized carbons (Fsp3) is 0.308. The standard InChI is InChI=1S/C26H29NO8/c1-15-11-20(29)24(26(32)27(15)10-9-16-5-7-18(28)8-6-16)19(14-23(30)35-4)17-12-21(33-2)25(31)22(13-17)34-3/h5-8,11-13,19,28-29,31H,9-10,14H2,1-4H3/t19-/m0/s1. The van der Waals surface area contributed by atoms with Gasteiger partial charge in [0.25, 0.3) is 5.56 Å². The lowest BCUT2D eigenvalue weighted by atomic mass is 9.87. The summed E-state index contributed by atoms with van der Waals surface area (Å²) in [5, 5.41) is 30.6. The third kappa shape index (κ3) is 5.51. The van der Waals surface area contributed by atoms with Crippen molar-refractivity contribution in [2.45, 2.75) is 32.2 Å². The molecule has 0 amide bonds. The molecule has 0 aliphatic heterocycles. The molecule has 0 unspecified atom stereocenters. The first-order valence-corrected chi connectivity index (χ1v) is 10.9. The molecule has 9 nitrogen and oxygen atoms in total. The van der Waals surface area contributed by atoms with Crippen LogP contribution in [0.1, 0.15) is 34.7 Å². The molecule has 1 atom stereocenters. The van der Waals surface area contributed by atoms with Crippen LogP contribution in [0.15, 0.2) is 47.3 Å². The van der Waals surface area contributed by atoms with Gasteiger partial charge in [-0.15, -0.1) is 0 Å². The molecule has 9 heteroatoms. The van der Waals surface area contributed by atoms with Gasteiger partial charge >= 0.3 is 5.97 Å². The molecule has 3 rings (SSSR count). The normalized spacial score (nSPS) is 11.7. The fourth-order valence-electron chi connectivity index (χ4n) is 4.03. The molecule has 0 saturated carbocycles. The summed E-state index contributed by atoms with van der Waals surface area (Å²) >= 11 is 0. The third-order valence-electron chi connectivity index (χ3n) is 5.93. The van der Waals surface area contributed by atoms with Crippen molar-refractivity contribution in [3.8, 4) is 28.7 Å². The predicted octanol–water partition coefficient (Wildman–Crippen LogP) is 3.23. The molecular formula is C26H29NO8. The maximum absolute atomic E-state index is 13.6. The van der Waals surface area contributed by atoms with E-state index in [4.69, 9.17) is 14.2 Å². The van der Waals surface area contributed by atoms with Crippen LogP contribution in [-0.2, 0) is 22.5 Å². The predicted molar refractivity (Wildman–Crippen MR) is 129 cm³/mol. The minimum atomic E-state index is -0.904. The van der Waals surface area contributed by atoms with E-state index in [-0.39, 0.29) is 40.7 Å². The fourth-order valence-corrected chi connectivity index (χ4v) is 4.03. The largest absolute Gasteiger partial charge is 0.508 e. The number of aromatic nitrogens is 1. The van der Waals surface area contributed by atoms with E-state index in [1.54, 1.807) is 31.2 Å². The summed E-state index contributed by atoms with van der Waals surface area (Å²) in [5.41, 5.74) is 1.45. The number of esters is 1. The monoisotopic (exact) mass is 483 g/mol. The molecule has 0 radical (unpaired) electrons. The van der Waals surface area contributed by atoms with E-state index in [2.05, 4.69) is 0 Å². The number of hydrogen-bond acceptors (Lipinski definition) is 8. The van der Waals surface area contributed by atoms with Gasteiger partial charge in [-0.05, 0) is 54.8 Å². The van der Waals surface area contributed by atoms with Gasteiger partial charge in [0.05, 0.1) is 33.3 Å². The van der Waals surface area contributed by atoms with Gasteiger partial charge in [0.15, 0.2) is 11.5 Å². The van der Waals surface area contributed by atoms with Crippen molar-refractivity contribution >= 4 is 5.97 Å². The van der Waals surface area contributed by atoms with Gasteiger partial charge in [-0.2, -0.15) is 0 Å². The minimum absolute atomic E-state index is 0.0153. The Labute approximate surface area is 202 Å². The Morgan fingerprint density at radius 1 is 0.971 bits per heavy atom. The van der Waals surface area contributed by atoms with E-state index in [1.165, 1.54) is 44.1 Å². The molecular weight excluding hydrogens is 454 g/mol. The van der Waals surface area contributed by atoms with Gasteiger partial charge in [-0.1, -0.05) is 12.1 Å². The van der Waals surface area contributed by atoms with Gasteiger partial charge in [0, 0.05) is 18.2 Å². The maximum atomic E-state index is 13.6. The first kappa shape index (κ1) is 25.5. The van der Waals surface area contributed by atoms with E-state index >= 15 is 0 Å². The number of carbonyl (C=O) groups excluding carboxylic acids is 1. The lowest BCUT2D eigenvalue weighted by molar-refractivity contribution is -0.140. The van der Waals surface area contributed by atoms with Crippen molar-refractivity contribution in [1.82, 2.24) is 4.57 Å². The average Bonchev–Trinajstić information content (AvgIpc) is 2.84. The van der Waals surface area contributed by atoms with Crippen molar-refractivity contribution in [3.05, 3.63) is 75.2 Å². The van der Waals surface area contributed by atoms with Crippen molar-refractivity contribution < 1.29 is 34.3 Å². The van der Waals surface area contributed by atoms with E-state index in [1.807, 2.05) is 0 Å². The smallest absolute Gasteiger partial charge is 0.306 e. The molecule has 35 heavy (non-hydrogen) atoms. The van der Waals surface area contributed by atoms with E-state index in [0.29, 0.717) is 24.2 Å². The van der Waals surface area contributed by atoms with Gasteiger partial charge in [0.1, 0.15) is 11.5 Å². The quantitative estimate of drug-likeness (QED) is 0.396. The highest BCUT2D eigenvalue weighted by Gasteiger charge is 2.28. The molecule has 0 bridgehead atoms. The highest BCUT2D eigenvalue weighted by Crippen LogP contribution is 2.42. The maximum Gasteiger partial charge on any atom is 0.306 e. The number of nitrogens with zero attached hydrogens (tertiary/aromatic N) is 1. The van der Waals surface area contributed by atoms with Crippen molar-refractivity contribution in [2.24, 2.45) is 0 Å². The summed E-state index contributed by atoms with van der Waals surface area (Å²) in [6.07, 6.45) is 0.269. The highest BCUT2D eigenvalue weighted by atomic mass is 16.5. The number of rotatable bonds is 9. The minimum Gasteiger partial charge on any atom is -0.508 e. The summed E-state index contributed by atoms with van der Waals surface area (Å²) in [4.78, 5) is 26.0. The van der Waals surface area contributed by atoms with Crippen LogP contribution >= 0.6 is 0 Å². The number of aromatic hydroxyl groups is 3. The van der Waals surface area contributed by atoms with Gasteiger partial charge in [-0.3, -0.25) is 9.59 Å². The summed E-state index contributed by atoms with van der Waals surface area (Å²) in [5.74, 6) is -1.64. The molecule has 0 saturated heterocycles. The highest BCUT2D eigenvalue weighted by molar-refractivity contribution is 5.72. The van der Waals surface area contributed by atoms with Gasteiger partial charge in [0.2, 0.25) is 5.75 Å². The number of pyridine rings is 1. The Balaban J connectivity index is 2.13. The van der Waals surface area contributed by atoms with Crippen molar-refractivity contribution in [1.29, 1.82) is 0 Å². The molecule has 0 aliphatic rings. The topological polar surface area (TPSA) is 127 Å². The Kier molecular flexibility index (Phi) is 7.91. The van der Waals surface area contributed by atoms with Gasteiger partial charge < -0.3 is 34.1 Å². The van der Waals surface area contributed by atoms with Crippen LogP contribution < -0.4 is 15.0 Å². The second-order valence-electron chi connectivity index (χ2n) is 8.06. The molecule has 3 aromatic rings. The second kappa shape index (κ2) is 10.9. The lowest BCUT2D eigenvalue weighted by Crippen LogP contribution is -2.29. The van der Waals surface area contributed by atoms with Crippen LogP contribution in [0.2, 0.25) is 0 Å². The third-order valence-corrected chi connectivity index (χ3v) is 5.93. The Hall–Kier alpha value is -4.14. The number of phenols is 2. The Bertz CT molecular complexity index is 1240. The summed E-state index contributed by atoms with van der Waals surface area (Å²) in [7, 11) is 3.98. The molecule has 186 valence electrons. The summed E-state index contributed by atoms with van der Waals surface area (Å²) in [6.45, 7) is 2.03. The van der Waals surface area contributed by atoms with Crippen molar-refractivity contribution in [2.75, 3.05) is 21.3 Å². The number of ether oxygens (including phenoxy) is 3. The van der Waals surface area contributed by atoms with E-state index < -0.39 is 17.4 Å². The number of carbonyl (C=O) groups is 1. The first-order chi connectivity index (χ1) is 16.7. The Morgan fingerprint density at radius 2 is 1.57 bits per heavy atom. The number of aryl methyl sites for hydroxylation is 2. The molecule has 3 N–H and O–H groups in total. The molecule has 0 aliphatic carbocycles. The molecule has 0 fully saturated rings. The van der Waals surface area contributed by atoms with Crippen LogP contribution in [0.4, 0.5) is 0 Å². The van der Waals surface area contributed by atoms with Gasteiger partial charge in [-0.25, -0.2) is 0 Å². The van der Waals surface area contributed by atoms with E-state index in [9.17, 15) is 24.9 Å². The number of phenolic OH excluding ortho intramolecular Hbond substituents is 2. The molecule has 2 aromatic carbocycles. The first-order valence-electron chi connectivity index (χ1n) is 10.9. The number of methoxy groups -OCH3 is 3. The average molecular weight is 484 g/mol. The summed E-state index contributed by atoms with van der Waals surface area (Å²) in [6, 6.07) is 11.2. The van der Waals surface area contributed by atoms with Crippen LogP contribution in [0.3, 0.4) is 0 Å². The second-order valence-corrected chi connectivity index (χ2v) is 8.06. The van der Waals surface area contributed by atoms with Crippen molar-refractivity contribution in [3.63, 3.8) is 0 Å². The molecule has 1 heterocycles. The number of hydrogen-bond donors (Lipinski definition) is 3. The van der Waals surface area contributed by atoms with E-state index in [0.717, 1.165) is 5.56 Å². The molecule has 0 spiro atoms. The zero-order valence-electron chi connectivity index (χ0n) is 20.1. The zero-order chi connectivity index (χ0) is 25.7. The lowest BCUT2D eigenvalue weighted by Gasteiger charge is -2.22. The SMILES string of the molecule is COC(=O)C[C@@H](c1cc(OC)c(O)c(OC)c1)c1c(O)cc(C)n(CCc2ccc(O)cc2)c1=O. The van der Waals surface area contributed by atoms with Crippen LogP contribution in [-0.4, -0.2) is 47.2 Å². The summed E-state index contributed by atoms with van der Waals surface area (Å²) < 4.78 is 16.8. The number of benzene rings is 2. The zero-order valence-corrected chi connectivity index (χ0v) is 20.1. The van der Waals surface area contributed by atoms with Crippen LogP contribution in [0.5, 0.6) is 28.7 Å².